The summed E-state index contributed by atoms with van der Waals surface area (Å²) >= 11 is 0. The number of fused-ring (bicyclic) bond motifs is 1. The third kappa shape index (κ3) is 3.63. The number of amides is 1. The molecule has 0 bridgehead atoms. The van der Waals surface area contributed by atoms with Gasteiger partial charge in [-0.25, -0.2) is 40.2 Å². The third-order valence-corrected chi connectivity index (χ3v) is 4.46. The van der Waals surface area contributed by atoms with Crippen LogP contribution in [-0.2, 0) is 0 Å². The van der Waals surface area contributed by atoms with E-state index < -0.39 is 64.0 Å². The van der Waals surface area contributed by atoms with Crippen LogP contribution in [0.15, 0.2) is 42.6 Å². The molecule has 5 nitrogen and oxygen atoms in total. The van der Waals surface area contributed by atoms with Gasteiger partial charge < -0.3 is 5.32 Å². The van der Waals surface area contributed by atoms with Crippen molar-refractivity contribution < 1.29 is 35.5 Å². The SMILES string of the molecule is O=C(Nc1c(F)c(F)cc(F)c1F)c1cnn2c(C(F)F)cc(-c3ccc(F)cc3)nc12. The Morgan fingerprint density at radius 3 is 2.16 bits per heavy atom. The van der Waals surface area contributed by atoms with Crippen LogP contribution in [0.4, 0.5) is 36.4 Å². The van der Waals surface area contributed by atoms with E-state index in [1.54, 1.807) is 5.32 Å². The maximum absolute atomic E-state index is 13.9. The highest BCUT2D eigenvalue weighted by molar-refractivity contribution is 6.08. The van der Waals surface area contributed by atoms with Gasteiger partial charge in [0.05, 0.1) is 11.9 Å². The maximum atomic E-state index is 13.9. The van der Waals surface area contributed by atoms with Crippen molar-refractivity contribution in [3.05, 3.63) is 82.9 Å². The molecule has 2 aromatic carbocycles. The summed E-state index contributed by atoms with van der Waals surface area (Å²) in [5, 5.41) is 5.32. The minimum absolute atomic E-state index is 0.0406. The lowest BCUT2D eigenvalue weighted by atomic mass is 10.1. The lowest BCUT2D eigenvalue weighted by Gasteiger charge is -2.10. The molecule has 4 rings (SSSR count). The molecule has 0 aliphatic heterocycles. The Balaban J connectivity index is 1.83. The van der Waals surface area contributed by atoms with Crippen molar-refractivity contribution in [3.63, 3.8) is 0 Å². The van der Waals surface area contributed by atoms with Gasteiger partial charge in [0.1, 0.15) is 22.8 Å². The van der Waals surface area contributed by atoms with Crippen LogP contribution >= 0.6 is 0 Å². The Morgan fingerprint density at radius 2 is 1.56 bits per heavy atom. The first-order valence-corrected chi connectivity index (χ1v) is 8.74. The number of nitrogens with one attached hydrogen (secondary N) is 1. The van der Waals surface area contributed by atoms with Crippen LogP contribution in [0.1, 0.15) is 22.5 Å². The number of benzene rings is 2. The van der Waals surface area contributed by atoms with Crippen LogP contribution in [-0.4, -0.2) is 20.5 Å². The average molecular weight is 454 g/mol. The number of hydrogen-bond donors (Lipinski definition) is 1. The number of carbonyl (C=O) groups excluding carboxylic acids is 1. The molecular formula is C20H9F7N4O. The summed E-state index contributed by atoms with van der Waals surface area (Å²) in [6.45, 7) is 0. The van der Waals surface area contributed by atoms with E-state index in [0.717, 1.165) is 24.4 Å². The van der Waals surface area contributed by atoms with Crippen molar-refractivity contribution in [2.75, 3.05) is 5.32 Å². The van der Waals surface area contributed by atoms with Gasteiger partial charge in [0.2, 0.25) is 0 Å². The number of carbonyl (C=O) groups is 1. The Labute approximate surface area is 174 Å². The quantitative estimate of drug-likeness (QED) is 0.337. The summed E-state index contributed by atoms with van der Waals surface area (Å²) in [5.41, 5.74) is -2.88. The highest BCUT2D eigenvalue weighted by Gasteiger charge is 2.25. The van der Waals surface area contributed by atoms with Gasteiger partial charge in [0.15, 0.2) is 28.9 Å². The van der Waals surface area contributed by atoms with Crippen LogP contribution in [0.25, 0.3) is 16.9 Å². The molecule has 2 aromatic heterocycles. The molecule has 0 unspecified atom stereocenters. The Kier molecular flexibility index (Phi) is 5.28. The van der Waals surface area contributed by atoms with Gasteiger partial charge in [-0.2, -0.15) is 5.10 Å². The van der Waals surface area contributed by atoms with Crippen LogP contribution in [0.3, 0.4) is 0 Å². The third-order valence-electron chi connectivity index (χ3n) is 4.46. The predicted molar refractivity (Wildman–Crippen MR) is 97.6 cm³/mol. The highest BCUT2D eigenvalue weighted by Crippen LogP contribution is 2.28. The fraction of sp³-hybridized carbons (Fsp3) is 0.0500. The molecule has 0 saturated carbocycles. The first-order valence-electron chi connectivity index (χ1n) is 8.74. The van der Waals surface area contributed by atoms with E-state index in [1.807, 2.05) is 0 Å². The zero-order valence-electron chi connectivity index (χ0n) is 15.5. The van der Waals surface area contributed by atoms with Gasteiger partial charge in [-0.1, -0.05) is 0 Å². The molecule has 32 heavy (non-hydrogen) atoms. The predicted octanol–water partition coefficient (Wildman–Crippen LogP) is 5.28. The average Bonchev–Trinajstić information content (AvgIpc) is 3.19. The van der Waals surface area contributed by atoms with Gasteiger partial charge >= 0.3 is 0 Å². The Bertz CT molecular complexity index is 1330. The zero-order chi connectivity index (χ0) is 23.2. The van der Waals surface area contributed by atoms with Crippen molar-refractivity contribution in [3.8, 4) is 11.3 Å². The number of aromatic nitrogens is 3. The van der Waals surface area contributed by atoms with Crippen molar-refractivity contribution in [1.82, 2.24) is 14.6 Å². The molecule has 12 heteroatoms. The Hall–Kier alpha value is -3.96. The maximum Gasteiger partial charge on any atom is 0.280 e. The molecule has 0 fully saturated rings. The van der Waals surface area contributed by atoms with Crippen LogP contribution in [0.5, 0.6) is 0 Å². The minimum Gasteiger partial charge on any atom is -0.317 e. The van der Waals surface area contributed by atoms with Gasteiger partial charge in [-0.3, -0.25) is 4.79 Å². The molecular weight excluding hydrogens is 445 g/mol. The molecule has 1 N–H and O–H groups in total. The van der Waals surface area contributed by atoms with Gasteiger partial charge in [0, 0.05) is 11.6 Å². The zero-order valence-corrected chi connectivity index (χ0v) is 15.5. The van der Waals surface area contributed by atoms with E-state index in [1.165, 1.54) is 12.1 Å². The number of halogens is 7. The molecule has 0 spiro atoms. The summed E-state index contributed by atoms with van der Waals surface area (Å²) in [6.07, 6.45) is -2.27. The largest absolute Gasteiger partial charge is 0.317 e. The summed E-state index contributed by atoms with van der Waals surface area (Å²) < 4.78 is 95.6. The fourth-order valence-electron chi connectivity index (χ4n) is 2.93. The smallest absolute Gasteiger partial charge is 0.280 e. The number of alkyl halides is 2. The van der Waals surface area contributed by atoms with Gasteiger partial charge in [-0.15, -0.1) is 0 Å². The molecule has 0 aliphatic rings. The summed E-state index contributed by atoms with van der Waals surface area (Å²) in [7, 11) is 0. The lowest BCUT2D eigenvalue weighted by Crippen LogP contribution is -2.16. The number of rotatable bonds is 4. The van der Waals surface area contributed by atoms with Crippen LogP contribution in [0.2, 0.25) is 0 Å². The summed E-state index contributed by atoms with van der Waals surface area (Å²) in [6, 6.07) is 5.59. The van der Waals surface area contributed by atoms with Crippen molar-refractivity contribution in [2.24, 2.45) is 0 Å². The van der Waals surface area contributed by atoms with Crippen LogP contribution < -0.4 is 5.32 Å². The fourth-order valence-corrected chi connectivity index (χ4v) is 2.93. The highest BCUT2D eigenvalue weighted by atomic mass is 19.3. The number of hydrogen-bond acceptors (Lipinski definition) is 3. The second-order valence-corrected chi connectivity index (χ2v) is 6.46. The molecule has 1 amide bonds. The van der Waals surface area contributed by atoms with Crippen molar-refractivity contribution >= 4 is 17.2 Å². The molecule has 164 valence electrons. The summed E-state index contributed by atoms with van der Waals surface area (Å²) in [5.74, 6) is -9.12. The molecule has 2 heterocycles. The first-order chi connectivity index (χ1) is 15.2. The van der Waals surface area contributed by atoms with Crippen molar-refractivity contribution in [1.29, 1.82) is 0 Å². The van der Waals surface area contributed by atoms with E-state index in [4.69, 9.17) is 0 Å². The van der Waals surface area contributed by atoms with E-state index >= 15 is 0 Å². The Morgan fingerprint density at radius 1 is 0.938 bits per heavy atom. The second-order valence-electron chi connectivity index (χ2n) is 6.46. The minimum atomic E-state index is -3.07. The summed E-state index contributed by atoms with van der Waals surface area (Å²) in [4.78, 5) is 16.6. The molecule has 0 radical (unpaired) electrons. The van der Waals surface area contributed by atoms with E-state index in [0.29, 0.717) is 4.52 Å². The van der Waals surface area contributed by atoms with E-state index in [2.05, 4.69) is 10.1 Å². The monoisotopic (exact) mass is 454 g/mol. The first kappa shape index (κ1) is 21.3. The molecule has 4 aromatic rings. The second kappa shape index (κ2) is 7.94. The van der Waals surface area contributed by atoms with Gasteiger partial charge in [-0.05, 0) is 30.3 Å². The van der Waals surface area contributed by atoms with E-state index in [9.17, 15) is 35.5 Å². The van der Waals surface area contributed by atoms with E-state index in [-0.39, 0.29) is 17.3 Å². The molecule has 0 atom stereocenters. The normalized spacial score (nSPS) is 11.4. The number of anilines is 1. The molecule has 0 saturated heterocycles. The lowest BCUT2D eigenvalue weighted by molar-refractivity contribution is 0.102. The number of nitrogens with zero attached hydrogens (tertiary/aromatic N) is 3. The molecule has 0 aliphatic carbocycles. The van der Waals surface area contributed by atoms with Crippen LogP contribution in [0, 0.1) is 29.1 Å². The standard InChI is InChI=1S/C20H9F7N4O/c21-9-3-1-8(2-4-9)13-6-14(18(26)27)31-19(29-13)10(7-28-31)20(32)30-17-15(24)11(22)5-12(23)16(17)25/h1-7,18H,(H,30,32). The topological polar surface area (TPSA) is 59.3 Å². The van der Waals surface area contributed by atoms with Crippen molar-refractivity contribution in [2.45, 2.75) is 6.43 Å². The van der Waals surface area contributed by atoms with Gasteiger partial charge in [0.25, 0.3) is 12.3 Å².